The number of guanidine groups is 1. The zero-order valence-corrected chi connectivity index (χ0v) is 15.7. The Bertz CT molecular complexity index is 378. The highest BCUT2D eigenvalue weighted by molar-refractivity contribution is 14.0. The van der Waals surface area contributed by atoms with Gasteiger partial charge in [-0.05, 0) is 25.7 Å². The van der Waals surface area contributed by atoms with E-state index in [0.717, 1.165) is 25.7 Å². The van der Waals surface area contributed by atoms with Crippen LogP contribution in [0.15, 0.2) is 4.99 Å². The summed E-state index contributed by atoms with van der Waals surface area (Å²) in [5.74, 6) is 1.36. The summed E-state index contributed by atoms with van der Waals surface area (Å²) in [5.41, 5.74) is 6.45. The predicted octanol–water partition coefficient (Wildman–Crippen LogP) is 3.00. The van der Waals surface area contributed by atoms with Crippen molar-refractivity contribution >= 4 is 29.9 Å². The monoisotopic (exact) mass is 407 g/mol. The Morgan fingerprint density at radius 2 is 1.81 bits per heavy atom. The lowest BCUT2D eigenvalue weighted by Gasteiger charge is -2.58. The van der Waals surface area contributed by atoms with Gasteiger partial charge in [0, 0.05) is 31.0 Å². The fourth-order valence-electron chi connectivity index (χ4n) is 4.28. The predicted molar refractivity (Wildman–Crippen MR) is 97.1 cm³/mol. The Hall–Kier alpha value is -0.0400. The molecule has 2 saturated heterocycles. The van der Waals surface area contributed by atoms with E-state index in [9.17, 15) is 0 Å². The Balaban J connectivity index is 0.00000161. The molecule has 0 amide bonds. The maximum absolute atomic E-state index is 6.31. The van der Waals surface area contributed by atoms with Crippen LogP contribution in [0.5, 0.6) is 0 Å². The fraction of sp³-hybridized carbons (Fsp3) is 0.938. The van der Waals surface area contributed by atoms with Crippen molar-refractivity contribution < 1.29 is 4.74 Å². The van der Waals surface area contributed by atoms with Crippen LogP contribution in [0, 0.1) is 11.3 Å². The molecular formula is C16H30IN3O. The van der Waals surface area contributed by atoms with Gasteiger partial charge in [0.1, 0.15) is 0 Å². The van der Waals surface area contributed by atoms with Crippen LogP contribution in [0.4, 0.5) is 0 Å². The van der Waals surface area contributed by atoms with E-state index in [2.05, 4.69) is 18.7 Å². The van der Waals surface area contributed by atoms with Crippen molar-refractivity contribution in [1.82, 2.24) is 4.90 Å². The molecule has 5 heteroatoms. The van der Waals surface area contributed by atoms with E-state index < -0.39 is 0 Å². The molecule has 3 unspecified atom stereocenters. The van der Waals surface area contributed by atoms with Crippen molar-refractivity contribution in [2.45, 2.75) is 64.5 Å². The van der Waals surface area contributed by atoms with Gasteiger partial charge in [-0.15, -0.1) is 24.0 Å². The minimum absolute atomic E-state index is 0. The van der Waals surface area contributed by atoms with Crippen LogP contribution in [0.3, 0.4) is 0 Å². The standard InChI is InChI=1S/C16H29N3O.HI/c1-16(2)13(12-8-7-11-20-14(12)16)18-15(17)19-9-5-3-4-6-10-19;/h12-14H,3-11H2,1-2H3,(H2,17,18);1H. The van der Waals surface area contributed by atoms with Crippen molar-refractivity contribution in [3.63, 3.8) is 0 Å². The number of fused-ring (bicyclic) bond motifs is 1. The molecule has 3 atom stereocenters. The summed E-state index contributed by atoms with van der Waals surface area (Å²) in [6, 6.07) is 0.344. The molecule has 0 spiro atoms. The molecule has 0 aromatic heterocycles. The SMILES string of the molecule is CC1(C)C(N=C(N)N2CCCCCC2)C2CCCOC21.I. The van der Waals surface area contributed by atoms with E-state index in [0.29, 0.717) is 18.1 Å². The summed E-state index contributed by atoms with van der Waals surface area (Å²) in [5, 5.41) is 0. The zero-order chi connectivity index (χ0) is 14.2. The molecule has 0 bridgehead atoms. The highest BCUT2D eigenvalue weighted by atomic mass is 127. The molecule has 2 N–H and O–H groups in total. The number of hydrogen-bond acceptors (Lipinski definition) is 2. The highest BCUT2D eigenvalue weighted by Crippen LogP contribution is 2.53. The molecule has 4 nitrogen and oxygen atoms in total. The third-order valence-corrected chi connectivity index (χ3v) is 5.47. The molecule has 1 aliphatic carbocycles. The Morgan fingerprint density at radius 1 is 1.14 bits per heavy atom. The Morgan fingerprint density at radius 3 is 2.48 bits per heavy atom. The third-order valence-electron chi connectivity index (χ3n) is 5.47. The van der Waals surface area contributed by atoms with Crippen LogP contribution < -0.4 is 5.73 Å². The van der Waals surface area contributed by atoms with Gasteiger partial charge in [0.05, 0.1) is 12.1 Å². The van der Waals surface area contributed by atoms with Gasteiger partial charge in [-0.2, -0.15) is 0 Å². The number of nitrogens with zero attached hydrogens (tertiary/aromatic N) is 2. The number of rotatable bonds is 1. The Kier molecular flexibility index (Phi) is 5.79. The molecule has 3 fully saturated rings. The van der Waals surface area contributed by atoms with Crippen LogP contribution in [-0.2, 0) is 4.74 Å². The highest BCUT2D eigenvalue weighted by Gasteiger charge is 2.58. The summed E-state index contributed by atoms with van der Waals surface area (Å²) >= 11 is 0. The van der Waals surface area contributed by atoms with Gasteiger partial charge in [-0.25, -0.2) is 4.99 Å². The summed E-state index contributed by atoms with van der Waals surface area (Å²) in [7, 11) is 0. The lowest BCUT2D eigenvalue weighted by atomic mass is 9.55. The molecule has 3 rings (SSSR count). The minimum Gasteiger partial charge on any atom is -0.377 e. The van der Waals surface area contributed by atoms with E-state index in [1.807, 2.05) is 0 Å². The molecule has 2 heterocycles. The van der Waals surface area contributed by atoms with Gasteiger partial charge in [0.25, 0.3) is 0 Å². The zero-order valence-electron chi connectivity index (χ0n) is 13.4. The number of nitrogens with two attached hydrogens (primary N) is 1. The van der Waals surface area contributed by atoms with Crippen molar-refractivity contribution in [3.05, 3.63) is 0 Å². The van der Waals surface area contributed by atoms with Crippen LogP contribution in [-0.4, -0.2) is 42.7 Å². The molecule has 1 saturated carbocycles. The van der Waals surface area contributed by atoms with Gasteiger partial charge in [-0.1, -0.05) is 26.7 Å². The average molecular weight is 407 g/mol. The normalized spacial score (nSPS) is 36.0. The number of halogens is 1. The second-order valence-electron chi connectivity index (χ2n) is 7.25. The van der Waals surface area contributed by atoms with Crippen LogP contribution in [0.1, 0.15) is 52.4 Å². The second-order valence-corrected chi connectivity index (χ2v) is 7.25. The van der Waals surface area contributed by atoms with Crippen molar-refractivity contribution in [2.75, 3.05) is 19.7 Å². The number of ether oxygens (including phenoxy) is 1. The maximum Gasteiger partial charge on any atom is 0.191 e. The minimum atomic E-state index is 0. The number of aliphatic imine (C=N–C) groups is 1. The molecule has 2 aliphatic heterocycles. The average Bonchev–Trinajstić information content (AvgIpc) is 2.73. The lowest BCUT2D eigenvalue weighted by Crippen LogP contribution is -2.64. The third kappa shape index (κ3) is 3.33. The molecule has 3 aliphatic rings. The van der Waals surface area contributed by atoms with E-state index in [1.165, 1.54) is 38.5 Å². The van der Waals surface area contributed by atoms with Crippen molar-refractivity contribution in [2.24, 2.45) is 22.1 Å². The Labute approximate surface area is 145 Å². The fourth-order valence-corrected chi connectivity index (χ4v) is 4.28. The quantitative estimate of drug-likeness (QED) is 0.413. The van der Waals surface area contributed by atoms with Gasteiger partial charge < -0.3 is 15.4 Å². The van der Waals surface area contributed by atoms with Crippen LogP contribution in [0.2, 0.25) is 0 Å². The first-order chi connectivity index (χ1) is 9.60. The largest absolute Gasteiger partial charge is 0.377 e. The van der Waals surface area contributed by atoms with E-state index in [-0.39, 0.29) is 29.4 Å². The van der Waals surface area contributed by atoms with E-state index in [1.54, 1.807) is 0 Å². The summed E-state index contributed by atoms with van der Waals surface area (Å²) in [4.78, 5) is 7.22. The first kappa shape index (κ1) is 17.3. The number of hydrogen-bond donors (Lipinski definition) is 1. The molecule has 0 radical (unpaired) electrons. The molecule has 122 valence electrons. The first-order valence-corrected chi connectivity index (χ1v) is 8.30. The second kappa shape index (κ2) is 7.02. The van der Waals surface area contributed by atoms with Crippen molar-refractivity contribution in [1.29, 1.82) is 0 Å². The van der Waals surface area contributed by atoms with Gasteiger partial charge in [0.15, 0.2) is 5.96 Å². The molecular weight excluding hydrogens is 377 g/mol. The topological polar surface area (TPSA) is 50.8 Å². The summed E-state index contributed by atoms with van der Waals surface area (Å²) < 4.78 is 5.95. The smallest absolute Gasteiger partial charge is 0.191 e. The molecule has 0 aromatic rings. The maximum atomic E-state index is 6.31. The van der Waals surface area contributed by atoms with E-state index in [4.69, 9.17) is 15.5 Å². The summed E-state index contributed by atoms with van der Waals surface area (Å²) in [6.45, 7) is 7.63. The molecule has 0 aromatic carbocycles. The van der Waals surface area contributed by atoms with Crippen molar-refractivity contribution in [3.8, 4) is 0 Å². The number of likely N-dealkylation sites (tertiary alicyclic amines) is 1. The van der Waals surface area contributed by atoms with Gasteiger partial charge in [-0.3, -0.25) is 0 Å². The van der Waals surface area contributed by atoms with E-state index >= 15 is 0 Å². The van der Waals surface area contributed by atoms with Crippen LogP contribution in [0.25, 0.3) is 0 Å². The summed E-state index contributed by atoms with van der Waals surface area (Å²) in [6.07, 6.45) is 7.97. The molecule has 21 heavy (non-hydrogen) atoms. The first-order valence-electron chi connectivity index (χ1n) is 8.30. The van der Waals surface area contributed by atoms with Gasteiger partial charge in [0.2, 0.25) is 0 Å². The van der Waals surface area contributed by atoms with Crippen LogP contribution >= 0.6 is 24.0 Å². The van der Waals surface area contributed by atoms with Gasteiger partial charge >= 0.3 is 0 Å². The lowest BCUT2D eigenvalue weighted by molar-refractivity contribution is -0.182.